The Labute approximate surface area is 117 Å². The molecule has 19 heavy (non-hydrogen) atoms. The van der Waals surface area contributed by atoms with Gasteiger partial charge in [0, 0.05) is 23.7 Å². The van der Waals surface area contributed by atoms with Crippen molar-refractivity contribution in [2.24, 2.45) is 5.92 Å². The molecular weight excluding hydrogens is 264 g/mol. The number of rotatable bonds is 4. The second-order valence-corrected chi connectivity index (χ2v) is 5.31. The molecule has 0 atom stereocenters. The van der Waals surface area contributed by atoms with Crippen molar-refractivity contribution in [2.75, 3.05) is 18.9 Å². The van der Waals surface area contributed by atoms with Crippen molar-refractivity contribution >= 4 is 29.1 Å². The molecule has 2 amide bonds. The second-order valence-electron chi connectivity index (χ2n) is 4.88. The van der Waals surface area contributed by atoms with E-state index in [0.29, 0.717) is 10.7 Å². The van der Waals surface area contributed by atoms with Gasteiger partial charge in [-0.05, 0) is 37.1 Å². The number of hydrogen-bond donors (Lipinski definition) is 1. The number of halogens is 1. The van der Waals surface area contributed by atoms with Crippen LogP contribution >= 0.6 is 11.6 Å². The lowest BCUT2D eigenvalue weighted by Gasteiger charge is -2.28. The number of nitrogens with zero attached hydrogens (tertiary/aromatic N) is 1. The maximum atomic E-state index is 11.9. The van der Waals surface area contributed by atoms with E-state index >= 15 is 0 Å². The van der Waals surface area contributed by atoms with Gasteiger partial charge in [-0.2, -0.15) is 0 Å². The minimum absolute atomic E-state index is 0.0671. The van der Waals surface area contributed by atoms with Gasteiger partial charge in [0.05, 0.1) is 6.54 Å². The Balaban J connectivity index is 1.83. The van der Waals surface area contributed by atoms with E-state index in [9.17, 15) is 9.59 Å². The maximum Gasteiger partial charge on any atom is 0.243 e. The largest absolute Gasteiger partial charge is 0.336 e. The molecule has 0 heterocycles. The Morgan fingerprint density at radius 3 is 2.47 bits per heavy atom. The lowest BCUT2D eigenvalue weighted by atomic mass is 9.84. The highest BCUT2D eigenvalue weighted by Gasteiger charge is 2.28. The molecule has 4 nitrogen and oxygen atoms in total. The van der Waals surface area contributed by atoms with Gasteiger partial charge in [-0.3, -0.25) is 9.59 Å². The smallest absolute Gasteiger partial charge is 0.243 e. The molecule has 0 aliphatic heterocycles. The van der Waals surface area contributed by atoms with Gasteiger partial charge in [-0.25, -0.2) is 0 Å². The van der Waals surface area contributed by atoms with Crippen molar-refractivity contribution in [3.63, 3.8) is 0 Å². The highest BCUT2D eigenvalue weighted by molar-refractivity contribution is 6.30. The molecule has 1 aliphatic rings. The fourth-order valence-electron chi connectivity index (χ4n) is 1.99. The van der Waals surface area contributed by atoms with E-state index in [1.807, 2.05) is 0 Å². The number of anilines is 1. The van der Waals surface area contributed by atoms with Gasteiger partial charge >= 0.3 is 0 Å². The quantitative estimate of drug-likeness (QED) is 0.921. The molecule has 0 unspecified atom stereocenters. The third-order valence-electron chi connectivity index (χ3n) is 3.34. The van der Waals surface area contributed by atoms with E-state index in [4.69, 9.17) is 11.6 Å². The van der Waals surface area contributed by atoms with Crippen LogP contribution < -0.4 is 5.32 Å². The minimum Gasteiger partial charge on any atom is -0.336 e. The van der Waals surface area contributed by atoms with E-state index in [0.717, 1.165) is 19.3 Å². The van der Waals surface area contributed by atoms with Crippen LogP contribution in [0.15, 0.2) is 24.3 Å². The van der Waals surface area contributed by atoms with Crippen LogP contribution in [-0.4, -0.2) is 30.3 Å². The van der Waals surface area contributed by atoms with Crippen LogP contribution in [0, 0.1) is 5.92 Å². The van der Waals surface area contributed by atoms with Crippen LogP contribution in [0.25, 0.3) is 0 Å². The molecule has 0 radical (unpaired) electrons. The van der Waals surface area contributed by atoms with Crippen molar-refractivity contribution in [1.29, 1.82) is 0 Å². The topological polar surface area (TPSA) is 49.4 Å². The number of amides is 2. The van der Waals surface area contributed by atoms with E-state index < -0.39 is 0 Å². The third kappa shape index (κ3) is 3.70. The maximum absolute atomic E-state index is 11.9. The first-order valence-corrected chi connectivity index (χ1v) is 6.74. The number of carbonyl (C=O) groups excluding carboxylic acids is 2. The Morgan fingerprint density at radius 1 is 1.32 bits per heavy atom. The van der Waals surface area contributed by atoms with Crippen LogP contribution in [0.5, 0.6) is 0 Å². The van der Waals surface area contributed by atoms with Crippen LogP contribution in [0.4, 0.5) is 5.69 Å². The second kappa shape index (κ2) is 6.06. The van der Waals surface area contributed by atoms with Gasteiger partial charge in [-0.1, -0.05) is 18.0 Å². The van der Waals surface area contributed by atoms with E-state index in [1.54, 1.807) is 31.3 Å². The molecule has 5 heteroatoms. The number of carbonyl (C=O) groups is 2. The number of likely N-dealkylation sites (N-methyl/N-ethyl adjacent to an activating group) is 1. The highest BCUT2D eigenvalue weighted by atomic mass is 35.5. The van der Waals surface area contributed by atoms with Crippen molar-refractivity contribution in [1.82, 2.24) is 4.90 Å². The summed E-state index contributed by atoms with van der Waals surface area (Å²) in [5.74, 6) is -0.0108. The van der Waals surface area contributed by atoms with Gasteiger partial charge in [0.1, 0.15) is 0 Å². The monoisotopic (exact) mass is 280 g/mol. The summed E-state index contributed by atoms with van der Waals surface area (Å²) in [6.45, 7) is 0.0813. The highest BCUT2D eigenvalue weighted by Crippen LogP contribution is 2.27. The first kappa shape index (κ1) is 13.9. The number of benzene rings is 1. The Morgan fingerprint density at radius 2 is 1.95 bits per heavy atom. The van der Waals surface area contributed by atoms with Gasteiger partial charge in [0.15, 0.2) is 0 Å². The summed E-state index contributed by atoms with van der Waals surface area (Å²) in [6.07, 6.45) is 3.01. The number of nitrogens with one attached hydrogen (secondary N) is 1. The predicted octanol–water partition coefficient (Wildman–Crippen LogP) is 2.54. The van der Waals surface area contributed by atoms with E-state index in [2.05, 4.69) is 5.32 Å². The Bertz CT molecular complexity index is 469. The summed E-state index contributed by atoms with van der Waals surface area (Å²) in [7, 11) is 1.67. The van der Waals surface area contributed by atoms with Crippen molar-refractivity contribution in [2.45, 2.75) is 19.3 Å². The first-order chi connectivity index (χ1) is 9.06. The van der Waals surface area contributed by atoms with Gasteiger partial charge in [0.25, 0.3) is 0 Å². The molecule has 2 rings (SSSR count). The summed E-state index contributed by atoms with van der Waals surface area (Å²) < 4.78 is 0. The Hall–Kier alpha value is -1.55. The summed E-state index contributed by atoms with van der Waals surface area (Å²) in [5.41, 5.74) is 0.680. The van der Waals surface area contributed by atoms with Crippen LogP contribution in [-0.2, 0) is 9.59 Å². The normalized spacial score (nSPS) is 14.6. The molecule has 1 aromatic carbocycles. The van der Waals surface area contributed by atoms with Crippen molar-refractivity contribution in [3.05, 3.63) is 29.3 Å². The zero-order chi connectivity index (χ0) is 13.8. The lowest BCUT2D eigenvalue weighted by Crippen LogP contribution is -2.40. The molecule has 1 aliphatic carbocycles. The fraction of sp³-hybridized carbons (Fsp3) is 0.429. The molecule has 0 spiro atoms. The molecule has 1 fully saturated rings. The molecule has 0 aromatic heterocycles. The molecule has 1 saturated carbocycles. The van der Waals surface area contributed by atoms with Gasteiger partial charge in [-0.15, -0.1) is 0 Å². The van der Waals surface area contributed by atoms with Gasteiger partial charge in [0.2, 0.25) is 11.8 Å². The SMILES string of the molecule is CN(CC(=O)Nc1ccc(Cl)cc1)C(=O)C1CCC1. The van der Waals surface area contributed by atoms with E-state index in [-0.39, 0.29) is 24.3 Å². The fourth-order valence-corrected chi connectivity index (χ4v) is 2.12. The van der Waals surface area contributed by atoms with Crippen molar-refractivity contribution < 1.29 is 9.59 Å². The third-order valence-corrected chi connectivity index (χ3v) is 3.59. The Kier molecular flexibility index (Phi) is 4.43. The predicted molar refractivity (Wildman–Crippen MR) is 75.1 cm³/mol. The molecule has 102 valence electrons. The minimum atomic E-state index is -0.197. The zero-order valence-electron chi connectivity index (χ0n) is 10.9. The summed E-state index contributed by atoms with van der Waals surface area (Å²) >= 11 is 5.77. The number of hydrogen-bond acceptors (Lipinski definition) is 2. The summed E-state index contributed by atoms with van der Waals surface area (Å²) in [6, 6.07) is 6.88. The molecule has 1 aromatic rings. The van der Waals surface area contributed by atoms with Crippen LogP contribution in [0.1, 0.15) is 19.3 Å². The van der Waals surface area contributed by atoms with E-state index in [1.165, 1.54) is 4.90 Å². The summed E-state index contributed by atoms with van der Waals surface area (Å²) in [5, 5.41) is 3.36. The molecule has 1 N–H and O–H groups in total. The lowest BCUT2D eigenvalue weighted by molar-refractivity contribution is -0.139. The summed E-state index contributed by atoms with van der Waals surface area (Å²) in [4.78, 5) is 25.2. The average Bonchev–Trinajstić information content (AvgIpc) is 2.29. The average molecular weight is 281 g/mol. The van der Waals surface area contributed by atoms with Crippen LogP contribution in [0.2, 0.25) is 5.02 Å². The molecule has 0 bridgehead atoms. The molecular formula is C14H17ClN2O2. The zero-order valence-corrected chi connectivity index (χ0v) is 11.6. The van der Waals surface area contributed by atoms with Crippen molar-refractivity contribution in [3.8, 4) is 0 Å². The standard InChI is InChI=1S/C14H17ClN2O2/c1-17(14(19)10-3-2-4-10)9-13(18)16-12-7-5-11(15)6-8-12/h5-8,10H,2-4,9H2,1H3,(H,16,18). The van der Waals surface area contributed by atoms with Gasteiger partial charge < -0.3 is 10.2 Å². The first-order valence-electron chi connectivity index (χ1n) is 6.36. The molecule has 0 saturated heterocycles. The van der Waals surface area contributed by atoms with Crippen LogP contribution in [0.3, 0.4) is 0 Å².